The largest absolute Gasteiger partial charge is 0.496 e. The summed E-state index contributed by atoms with van der Waals surface area (Å²) in [5.41, 5.74) is 0.318. The molecule has 2 aromatic rings. The molecule has 1 amide bonds. The van der Waals surface area contributed by atoms with Crippen LogP contribution >= 0.6 is 34.5 Å². The van der Waals surface area contributed by atoms with Crippen molar-refractivity contribution < 1.29 is 14.3 Å². The fourth-order valence-corrected chi connectivity index (χ4v) is 3.79. The number of ether oxygens (including phenoxy) is 2. The third-order valence-electron chi connectivity index (χ3n) is 3.71. The van der Waals surface area contributed by atoms with Gasteiger partial charge in [0.25, 0.3) is 5.91 Å². The molecule has 1 aliphatic heterocycles. The second kappa shape index (κ2) is 7.70. The van der Waals surface area contributed by atoms with Gasteiger partial charge in [0.15, 0.2) is 4.80 Å². The Bertz CT molecular complexity index is 810. The average Bonchev–Trinajstić information content (AvgIpc) is 3.18. The zero-order valence-electron chi connectivity index (χ0n) is 13.0. The topological polar surface area (TPSA) is 52.8 Å². The zero-order valence-corrected chi connectivity index (χ0v) is 15.3. The first-order chi connectivity index (χ1) is 11.6. The van der Waals surface area contributed by atoms with Gasteiger partial charge in [-0.2, -0.15) is 4.99 Å². The molecule has 5 nitrogen and oxygen atoms in total. The molecular weight excluding hydrogens is 371 g/mol. The van der Waals surface area contributed by atoms with Crippen LogP contribution in [0.1, 0.15) is 23.2 Å². The maximum Gasteiger partial charge on any atom is 0.283 e. The standard InChI is InChI=1S/C16H16Cl2N2O3S/c1-22-13-5-4-10(17)7-12(13)15(21)19-16-20(9-14(18)24-16)8-11-3-2-6-23-11/h4-5,7,9,11H,2-3,6,8H2,1H3. The van der Waals surface area contributed by atoms with Crippen molar-refractivity contribution in [3.05, 3.63) is 44.1 Å². The van der Waals surface area contributed by atoms with Crippen molar-refractivity contribution in [1.29, 1.82) is 0 Å². The second-order valence-corrected chi connectivity index (χ2v) is 7.44. The molecule has 1 fully saturated rings. The molecule has 1 aromatic heterocycles. The highest BCUT2D eigenvalue weighted by atomic mass is 35.5. The fourth-order valence-electron chi connectivity index (χ4n) is 2.57. The molecule has 8 heteroatoms. The number of methoxy groups -OCH3 is 1. The van der Waals surface area contributed by atoms with Gasteiger partial charge in [0.05, 0.1) is 25.3 Å². The summed E-state index contributed by atoms with van der Waals surface area (Å²) in [5, 5.41) is 0.450. The van der Waals surface area contributed by atoms with E-state index in [1.807, 2.05) is 4.57 Å². The van der Waals surface area contributed by atoms with Gasteiger partial charge in [-0.3, -0.25) is 4.79 Å². The van der Waals surface area contributed by atoms with Crippen LogP contribution in [0.3, 0.4) is 0 Å². The van der Waals surface area contributed by atoms with Gasteiger partial charge < -0.3 is 14.0 Å². The first kappa shape index (κ1) is 17.5. The number of benzene rings is 1. The number of halogens is 2. The number of amides is 1. The molecule has 2 heterocycles. The van der Waals surface area contributed by atoms with E-state index in [0.29, 0.717) is 32.0 Å². The molecule has 0 radical (unpaired) electrons. The molecule has 0 spiro atoms. The minimum Gasteiger partial charge on any atom is -0.496 e. The number of nitrogens with zero attached hydrogens (tertiary/aromatic N) is 2. The zero-order chi connectivity index (χ0) is 17.1. The molecule has 0 N–H and O–H groups in total. The lowest BCUT2D eigenvalue weighted by Gasteiger charge is -2.10. The minimum absolute atomic E-state index is 0.130. The minimum atomic E-state index is -0.422. The molecule has 1 aliphatic rings. The molecule has 1 aromatic carbocycles. The van der Waals surface area contributed by atoms with E-state index in [2.05, 4.69) is 4.99 Å². The first-order valence-electron chi connectivity index (χ1n) is 7.47. The van der Waals surface area contributed by atoms with Gasteiger partial charge in [-0.15, -0.1) is 0 Å². The smallest absolute Gasteiger partial charge is 0.283 e. The van der Waals surface area contributed by atoms with Gasteiger partial charge in [0.1, 0.15) is 10.1 Å². The summed E-state index contributed by atoms with van der Waals surface area (Å²) >= 11 is 13.3. The van der Waals surface area contributed by atoms with Crippen molar-refractivity contribution in [3.63, 3.8) is 0 Å². The van der Waals surface area contributed by atoms with Crippen LogP contribution in [0.5, 0.6) is 5.75 Å². The van der Waals surface area contributed by atoms with Gasteiger partial charge in [0, 0.05) is 17.8 Å². The summed E-state index contributed by atoms with van der Waals surface area (Å²) in [6, 6.07) is 4.86. The Hall–Kier alpha value is -1.34. The normalized spacial score (nSPS) is 18.1. The Labute approximate surface area is 153 Å². The highest BCUT2D eigenvalue weighted by Gasteiger charge is 2.18. The van der Waals surface area contributed by atoms with Crippen molar-refractivity contribution in [1.82, 2.24) is 4.57 Å². The SMILES string of the molecule is COc1ccc(Cl)cc1C(=O)N=c1sc(Cl)cn1CC1CCCO1. The third-order valence-corrected chi connectivity index (χ3v) is 5.08. The van der Waals surface area contributed by atoms with E-state index in [-0.39, 0.29) is 6.10 Å². The Morgan fingerprint density at radius 3 is 3.04 bits per heavy atom. The Kier molecular flexibility index (Phi) is 5.61. The molecule has 1 unspecified atom stereocenters. The number of aromatic nitrogens is 1. The summed E-state index contributed by atoms with van der Waals surface area (Å²) in [5.74, 6) is 0.00966. The van der Waals surface area contributed by atoms with Gasteiger partial charge in [-0.05, 0) is 31.0 Å². The molecule has 0 saturated carbocycles. The summed E-state index contributed by atoms with van der Waals surface area (Å²) in [6.07, 6.45) is 3.95. The van der Waals surface area contributed by atoms with Gasteiger partial charge in [0.2, 0.25) is 0 Å². The van der Waals surface area contributed by atoms with E-state index < -0.39 is 5.91 Å². The Balaban J connectivity index is 1.93. The molecule has 0 bridgehead atoms. The van der Waals surface area contributed by atoms with Crippen molar-refractivity contribution in [3.8, 4) is 5.75 Å². The quantitative estimate of drug-likeness (QED) is 0.802. The number of thiazole rings is 1. The van der Waals surface area contributed by atoms with Crippen molar-refractivity contribution in [2.75, 3.05) is 13.7 Å². The molecule has 1 atom stereocenters. The molecule has 1 saturated heterocycles. The van der Waals surface area contributed by atoms with Crippen molar-refractivity contribution in [2.45, 2.75) is 25.5 Å². The number of rotatable bonds is 4. The van der Waals surface area contributed by atoms with Gasteiger partial charge in [-0.1, -0.05) is 34.5 Å². The Morgan fingerprint density at radius 1 is 1.50 bits per heavy atom. The monoisotopic (exact) mass is 386 g/mol. The summed E-state index contributed by atoms with van der Waals surface area (Å²) in [7, 11) is 1.50. The highest BCUT2D eigenvalue weighted by Crippen LogP contribution is 2.23. The van der Waals surface area contributed by atoms with Crippen LogP contribution in [0, 0.1) is 0 Å². The van der Waals surface area contributed by atoms with Crippen LogP contribution in [0.2, 0.25) is 9.36 Å². The maximum atomic E-state index is 12.6. The average molecular weight is 387 g/mol. The second-order valence-electron chi connectivity index (χ2n) is 5.37. The van der Waals surface area contributed by atoms with Gasteiger partial charge >= 0.3 is 0 Å². The lowest BCUT2D eigenvalue weighted by Crippen LogP contribution is -2.23. The highest BCUT2D eigenvalue weighted by molar-refractivity contribution is 7.13. The summed E-state index contributed by atoms with van der Waals surface area (Å²) in [6.45, 7) is 1.40. The van der Waals surface area contributed by atoms with E-state index in [0.717, 1.165) is 19.4 Å². The van der Waals surface area contributed by atoms with E-state index in [4.69, 9.17) is 32.7 Å². The van der Waals surface area contributed by atoms with E-state index >= 15 is 0 Å². The van der Waals surface area contributed by atoms with Crippen LogP contribution in [0.15, 0.2) is 29.4 Å². The van der Waals surface area contributed by atoms with Crippen LogP contribution in [-0.4, -0.2) is 30.3 Å². The Morgan fingerprint density at radius 2 is 2.33 bits per heavy atom. The predicted molar refractivity (Wildman–Crippen MR) is 94.2 cm³/mol. The summed E-state index contributed by atoms with van der Waals surface area (Å²) < 4.78 is 13.3. The molecule has 3 rings (SSSR count). The van der Waals surface area contributed by atoms with E-state index in [1.54, 1.807) is 24.4 Å². The van der Waals surface area contributed by atoms with E-state index in [9.17, 15) is 4.79 Å². The summed E-state index contributed by atoms with van der Waals surface area (Å²) in [4.78, 5) is 17.3. The lowest BCUT2D eigenvalue weighted by molar-refractivity contribution is 0.0949. The van der Waals surface area contributed by atoms with Crippen LogP contribution in [-0.2, 0) is 11.3 Å². The van der Waals surface area contributed by atoms with Crippen molar-refractivity contribution in [2.24, 2.45) is 4.99 Å². The number of hydrogen-bond acceptors (Lipinski definition) is 4. The fraction of sp³-hybridized carbons (Fsp3) is 0.375. The molecule has 24 heavy (non-hydrogen) atoms. The third kappa shape index (κ3) is 4.00. The van der Waals surface area contributed by atoms with Crippen molar-refractivity contribution >= 4 is 40.4 Å². The first-order valence-corrected chi connectivity index (χ1v) is 9.04. The number of hydrogen-bond donors (Lipinski definition) is 0. The predicted octanol–water partition coefficient (Wildman–Crippen LogP) is 3.79. The van der Waals surface area contributed by atoms with E-state index in [1.165, 1.54) is 18.4 Å². The van der Waals surface area contributed by atoms with Crippen LogP contribution in [0.4, 0.5) is 0 Å². The number of carbonyl (C=O) groups excluding carboxylic acids is 1. The molecule has 128 valence electrons. The molecule has 0 aliphatic carbocycles. The van der Waals surface area contributed by atoms with Crippen LogP contribution in [0.25, 0.3) is 0 Å². The molecular formula is C16H16Cl2N2O3S. The van der Waals surface area contributed by atoms with Gasteiger partial charge in [-0.25, -0.2) is 0 Å². The maximum absolute atomic E-state index is 12.6. The van der Waals surface area contributed by atoms with Crippen LogP contribution < -0.4 is 9.54 Å². The lowest BCUT2D eigenvalue weighted by atomic mass is 10.2. The number of carbonyl (C=O) groups is 1.